The van der Waals surface area contributed by atoms with Gasteiger partial charge in [-0.2, -0.15) is 0 Å². The van der Waals surface area contributed by atoms with Gasteiger partial charge in [0.2, 0.25) is 9.84 Å². The van der Waals surface area contributed by atoms with Crippen LogP contribution >= 0.6 is 11.6 Å². The van der Waals surface area contributed by atoms with Gasteiger partial charge in [0.1, 0.15) is 0 Å². The molecule has 0 saturated carbocycles. The Morgan fingerprint density at radius 3 is 2.24 bits per heavy atom. The van der Waals surface area contributed by atoms with E-state index in [9.17, 15) is 8.42 Å². The zero-order valence-corrected chi connectivity index (χ0v) is 10.8. The Balaban J connectivity index is 2.61. The van der Waals surface area contributed by atoms with Gasteiger partial charge in [-0.3, -0.25) is 0 Å². The quantitative estimate of drug-likeness (QED) is 0.834. The highest BCUT2D eigenvalue weighted by atomic mass is 35.5. The van der Waals surface area contributed by atoms with Crippen molar-refractivity contribution in [1.82, 2.24) is 0 Å². The number of benzene rings is 2. The van der Waals surface area contributed by atoms with Crippen LogP contribution < -0.4 is 0 Å². The standard InChI is InChI=1S/C13H11ClO2S/c1-10-9-11(14)7-8-13(10)17(15,16)12-5-3-2-4-6-12/h2-9H,1H3. The topological polar surface area (TPSA) is 34.1 Å². The summed E-state index contributed by atoms with van der Waals surface area (Å²) in [6, 6.07) is 13.2. The summed E-state index contributed by atoms with van der Waals surface area (Å²) in [5.74, 6) is 0. The van der Waals surface area contributed by atoms with Crippen LogP contribution in [0.25, 0.3) is 0 Å². The van der Waals surface area contributed by atoms with Gasteiger partial charge in [-0.25, -0.2) is 8.42 Å². The molecule has 2 nitrogen and oxygen atoms in total. The van der Waals surface area contributed by atoms with E-state index >= 15 is 0 Å². The largest absolute Gasteiger partial charge is 0.219 e. The Bertz CT molecular complexity index is 634. The lowest BCUT2D eigenvalue weighted by Crippen LogP contribution is -2.03. The van der Waals surface area contributed by atoms with Gasteiger partial charge in [0.15, 0.2) is 0 Å². The number of sulfone groups is 1. The Hall–Kier alpha value is -1.32. The lowest BCUT2D eigenvalue weighted by molar-refractivity contribution is 0.595. The normalized spacial score (nSPS) is 11.4. The smallest absolute Gasteiger partial charge is 0.206 e. The van der Waals surface area contributed by atoms with Gasteiger partial charge in [-0.05, 0) is 42.8 Å². The molecule has 0 amide bonds. The lowest BCUT2D eigenvalue weighted by atomic mass is 10.2. The van der Waals surface area contributed by atoms with Gasteiger partial charge in [0.25, 0.3) is 0 Å². The van der Waals surface area contributed by atoms with Crippen molar-refractivity contribution in [3.05, 3.63) is 59.1 Å². The van der Waals surface area contributed by atoms with Crippen molar-refractivity contribution < 1.29 is 8.42 Å². The predicted octanol–water partition coefficient (Wildman–Crippen LogP) is 3.48. The van der Waals surface area contributed by atoms with Gasteiger partial charge in [-0.1, -0.05) is 29.8 Å². The fourth-order valence-electron chi connectivity index (χ4n) is 1.64. The highest BCUT2D eigenvalue weighted by Gasteiger charge is 2.19. The highest BCUT2D eigenvalue weighted by molar-refractivity contribution is 7.91. The Labute approximate surface area is 106 Å². The summed E-state index contributed by atoms with van der Waals surface area (Å²) in [6.45, 7) is 1.74. The van der Waals surface area contributed by atoms with Gasteiger partial charge in [0.05, 0.1) is 9.79 Å². The van der Waals surface area contributed by atoms with Crippen LogP contribution in [0.3, 0.4) is 0 Å². The van der Waals surface area contributed by atoms with E-state index in [-0.39, 0.29) is 0 Å². The van der Waals surface area contributed by atoms with Crippen LogP contribution in [0.4, 0.5) is 0 Å². The SMILES string of the molecule is Cc1cc(Cl)ccc1S(=O)(=O)c1ccccc1. The molecule has 0 heterocycles. The maximum absolute atomic E-state index is 12.3. The van der Waals surface area contributed by atoms with Crippen molar-refractivity contribution in [1.29, 1.82) is 0 Å². The first-order chi connectivity index (χ1) is 8.01. The molecular formula is C13H11ClO2S. The third kappa shape index (κ3) is 2.35. The molecule has 4 heteroatoms. The second-order valence-electron chi connectivity index (χ2n) is 3.73. The molecule has 0 N–H and O–H groups in total. The fraction of sp³-hybridized carbons (Fsp3) is 0.0769. The van der Waals surface area contributed by atoms with Crippen molar-refractivity contribution in [2.75, 3.05) is 0 Å². The summed E-state index contributed by atoms with van der Waals surface area (Å²) in [6.07, 6.45) is 0. The third-order valence-corrected chi connectivity index (χ3v) is 4.64. The summed E-state index contributed by atoms with van der Waals surface area (Å²) in [5, 5.41) is 0.537. The van der Waals surface area contributed by atoms with Crippen molar-refractivity contribution >= 4 is 21.4 Å². The van der Waals surface area contributed by atoms with Crippen LogP contribution in [0, 0.1) is 6.92 Å². The number of hydrogen-bond acceptors (Lipinski definition) is 2. The minimum absolute atomic E-state index is 0.297. The average Bonchev–Trinajstić information content (AvgIpc) is 2.29. The van der Waals surface area contributed by atoms with Crippen LogP contribution in [0.15, 0.2) is 58.3 Å². The van der Waals surface area contributed by atoms with E-state index in [4.69, 9.17) is 11.6 Å². The molecular weight excluding hydrogens is 256 g/mol. The molecule has 0 atom stereocenters. The molecule has 2 aromatic carbocycles. The minimum Gasteiger partial charge on any atom is -0.219 e. The lowest BCUT2D eigenvalue weighted by Gasteiger charge is -2.07. The first-order valence-electron chi connectivity index (χ1n) is 5.08. The first kappa shape index (κ1) is 12.1. The molecule has 0 aromatic heterocycles. The van der Waals surface area contributed by atoms with E-state index in [1.54, 1.807) is 55.5 Å². The minimum atomic E-state index is -3.45. The molecule has 2 aromatic rings. The van der Waals surface area contributed by atoms with Crippen LogP contribution in [-0.2, 0) is 9.84 Å². The second kappa shape index (κ2) is 4.51. The maximum atomic E-state index is 12.3. The zero-order valence-electron chi connectivity index (χ0n) is 9.22. The Kier molecular flexibility index (Phi) is 3.22. The van der Waals surface area contributed by atoms with E-state index in [0.717, 1.165) is 0 Å². The highest BCUT2D eigenvalue weighted by Crippen LogP contribution is 2.25. The van der Waals surface area contributed by atoms with E-state index in [1.165, 1.54) is 0 Å². The van der Waals surface area contributed by atoms with Crippen molar-refractivity contribution in [2.45, 2.75) is 16.7 Å². The molecule has 0 radical (unpaired) electrons. The molecule has 0 saturated heterocycles. The molecule has 0 fully saturated rings. The Morgan fingerprint density at radius 1 is 1.00 bits per heavy atom. The van der Waals surface area contributed by atoms with Crippen molar-refractivity contribution in [3.63, 3.8) is 0 Å². The number of hydrogen-bond donors (Lipinski definition) is 0. The third-order valence-electron chi connectivity index (χ3n) is 2.48. The summed E-state index contributed by atoms with van der Waals surface area (Å²) < 4.78 is 24.6. The molecule has 0 aliphatic carbocycles. The van der Waals surface area contributed by atoms with Crippen LogP contribution in [0.2, 0.25) is 5.02 Å². The summed E-state index contributed by atoms with van der Waals surface area (Å²) in [4.78, 5) is 0.596. The first-order valence-corrected chi connectivity index (χ1v) is 6.94. The molecule has 0 spiro atoms. The molecule has 0 bridgehead atoms. The van der Waals surface area contributed by atoms with Crippen molar-refractivity contribution in [2.24, 2.45) is 0 Å². The number of aryl methyl sites for hydroxylation is 1. The molecule has 88 valence electrons. The van der Waals surface area contributed by atoms with E-state index in [0.29, 0.717) is 20.4 Å². The zero-order chi connectivity index (χ0) is 12.5. The summed E-state index contributed by atoms with van der Waals surface area (Å²) >= 11 is 5.82. The summed E-state index contributed by atoms with van der Waals surface area (Å²) in [7, 11) is -3.45. The van der Waals surface area contributed by atoms with Crippen LogP contribution in [-0.4, -0.2) is 8.42 Å². The van der Waals surface area contributed by atoms with E-state index in [2.05, 4.69) is 0 Å². The van der Waals surface area contributed by atoms with Crippen LogP contribution in [0.1, 0.15) is 5.56 Å². The Morgan fingerprint density at radius 2 is 1.65 bits per heavy atom. The average molecular weight is 267 g/mol. The molecule has 0 aliphatic rings. The maximum Gasteiger partial charge on any atom is 0.206 e. The van der Waals surface area contributed by atoms with Crippen molar-refractivity contribution in [3.8, 4) is 0 Å². The second-order valence-corrected chi connectivity index (χ2v) is 6.08. The molecule has 2 rings (SSSR count). The number of rotatable bonds is 2. The van der Waals surface area contributed by atoms with Crippen LogP contribution in [0.5, 0.6) is 0 Å². The van der Waals surface area contributed by atoms with Gasteiger partial charge in [-0.15, -0.1) is 0 Å². The summed E-state index contributed by atoms with van der Waals surface area (Å²) in [5.41, 5.74) is 0.654. The van der Waals surface area contributed by atoms with E-state index in [1.807, 2.05) is 0 Å². The molecule has 17 heavy (non-hydrogen) atoms. The van der Waals surface area contributed by atoms with Gasteiger partial charge in [0, 0.05) is 5.02 Å². The molecule has 0 unspecified atom stereocenters. The van der Waals surface area contributed by atoms with Gasteiger partial charge < -0.3 is 0 Å². The monoisotopic (exact) mass is 266 g/mol. The number of halogens is 1. The van der Waals surface area contributed by atoms with E-state index < -0.39 is 9.84 Å². The molecule has 0 aliphatic heterocycles. The van der Waals surface area contributed by atoms with Gasteiger partial charge >= 0.3 is 0 Å². The predicted molar refractivity (Wildman–Crippen MR) is 68.1 cm³/mol. The fourth-order valence-corrected chi connectivity index (χ4v) is 3.37.